The molecule has 0 saturated heterocycles. The number of nitrogens with zero attached hydrogens (tertiary/aromatic N) is 7. The molecule has 1 N–H and O–H groups in total. The summed E-state index contributed by atoms with van der Waals surface area (Å²) in [5.41, 5.74) is -0.107. The lowest BCUT2D eigenvalue weighted by Crippen LogP contribution is -2.34. The summed E-state index contributed by atoms with van der Waals surface area (Å²) in [6, 6.07) is 0. The summed E-state index contributed by atoms with van der Waals surface area (Å²) in [6.07, 6.45) is 2.89. The molecule has 2 aromatic rings. The van der Waals surface area contributed by atoms with Crippen LogP contribution in [0.4, 0.5) is 17.5 Å². The number of nitro groups is 1. The normalized spacial score (nSPS) is 13.9. The molecule has 0 amide bonds. The van der Waals surface area contributed by atoms with Crippen LogP contribution in [-0.4, -0.2) is 42.7 Å². The highest BCUT2D eigenvalue weighted by Crippen LogP contribution is 2.28. The quantitative estimate of drug-likeness (QED) is 0.636. The summed E-state index contributed by atoms with van der Waals surface area (Å²) in [6.45, 7) is 4.26. The molecule has 0 radical (unpaired) electrons. The summed E-state index contributed by atoms with van der Waals surface area (Å²) in [5, 5.41) is 22.0. The third-order valence-electron chi connectivity index (χ3n) is 3.22. The Labute approximate surface area is 120 Å². The van der Waals surface area contributed by atoms with Crippen LogP contribution in [0.25, 0.3) is 0 Å². The number of anilines is 2. The maximum atomic E-state index is 11.2. The van der Waals surface area contributed by atoms with Gasteiger partial charge < -0.3 is 14.8 Å². The third kappa shape index (κ3) is 2.47. The minimum absolute atomic E-state index is 0.107. The van der Waals surface area contributed by atoms with Crippen LogP contribution in [0.3, 0.4) is 0 Å². The van der Waals surface area contributed by atoms with Crippen LogP contribution >= 0.6 is 0 Å². The van der Waals surface area contributed by atoms with Crippen molar-refractivity contribution in [2.45, 2.75) is 20.0 Å². The van der Waals surface area contributed by atoms with E-state index in [0.29, 0.717) is 37.9 Å². The van der Waals surface area contributed by atoms with Gasteiger partial charge in [0.2, 0.25) is 11.8 Å². The third-order valence-corrected chi connectivity index (χ3v) is 3.22. The Balaban J connectivity index is 1.96. The van der Waals surface area contributed by atoms with Gasteiger partial charge in [-0.2, -0.15) is 4.98 Å². The second kappa shape index (κ2) is 5.31. The highest BCUT2D eigenvalue weighted by molar-refractivity contribution is 5.59. The van der Waals surface area contributed by atoms with Crippen LogP contribution in [0.5, 0.6) is 0 Å². The zero-order valence-corrected chi connectivity index (χ0v) is 11.4. The second-order valence-electron chi connectivity index (χ2n) is 4.55. The highest BCUT2D eigenvalue weighted by Gasteiger charge is 2.26. The maximum Gasteiger partial charge on any atom is 0.329 e. The van der Waals surface area contributed by atoms with Crippen molar-refractivity contribution in [2.24, 2.45) is 0 Å². The van der Waals surface area contributed by atoms with Crippen molar-refractivity contribution in [3.8, 4) is 0 Å². The van der Waals surface area contributed by atoms with Crippen LogP contribution in [0.1, 0.15) is 12.7 Å². The van der Waals surface area contributed by atoms with Gasteiger partial charge in [-0.1, -0.05) is 0 Å². The molecule has 3 heterocycles. The first kappa shape index (κ1) is 13.2. The van der Waals surface area contributed by atoms with Crippen LogP contribution in [0, 0.1) is 10.1 Å². The van der Waals surface area contributed by atoms with E-state index in [0.717, 1.165) is 5.82 Å². The Hall–Kier alpha value is -2.78. The predicted octanol–water partition coefficient (Wildman–Crippen LogP) is 0.428. The number of aromatic nitrogens is 5. The van der Waals surface area contributed by atoms with Gasteiger partial charge in [0, 0.05) is 19.6 Å². The van der Waals surface area contributed by atoms with Gasteiger partial charge in [0.25, 0.3) is 0 Å². The van der Waals surface area contributed by atoms with Gasteiger partial charge in [-0.25, -0.2) is 4.98 Å². The van der Waals surface area contributed by atoms with Crippen molar-refractivity contribution in [3.63, 3.8) is 0 Å². The van der Waals surface area contributed by atoms with E-state index in [-0.39, 0.29) is 5.69 Å². The van der Waals surface area contributed by atoms with E-state index in [1.807, 2.05) is 16.4 Å². The van der Waals surface area contributed by atoms with E-state index in [2.05, 4.69) is 25.5 Å². The molecule has 0 atom stereocenters. The molecule has 1 aliphatic rings. The number of fused-ring (bicyclic) bond motifs is 1. The fraction of sp³-hybridized carbons (Fsp3) is 0.455. The second-order valence-corrected chi connectivity index (χ2v) is 4.55. The molecule has 10 heteroatoms. The molecule has 1 aliphatic heterocycles. The van der Waals surface area contributed by atoms with Crippen LogP contribution < -0.4 is 10.2 Å². The smallest absolute Gasteiger partial charge is 0.329 e. The molecule has 0 aromatic carbocycles. The minimum atomic E-state index is -0.468. The van der Waals surface area contributed by atoms with Crippen LogP contribution in [-0.2, 0) is 13.1 Å². The monoisotopic (exact) mass is 290 g/mol. The first-order chi connectivity index (χ1) is 10.2. The van der Waals surface area contributed by atoms with Gasteiger partial charge in [-0.15, -0.1) is 10.2 Å². The van der Waals surface area contributed by atoms with Crippen LogP contribution in [0.2, 0.25) is 0 Å². The fourth-order valence-corrected chi connectivity index (χ4v) is 2.22. The molecule has 21 heavy (non-hydrogen) atoms. The molecule has 0 bridgehead atoms. The molecule has 2 aromatic heterocycles. The molecule has 10 nitrogen and oxygen atoms in total. The van der Waals surface area contributed by atoms with E-state index >= 15 is 0 Å². The average Bonchev–Trinajstić information content (AvgIpc) is 2.94. The summed E-state index contributed by atoms with van der Waals surface area (Å²) >= 11 is 0. The van der Waals surface area contributed by atoms with Gasteiger partial charge in [-0.05, 0) is 6.92 Å². The summed E-state index contributed by atoms with van der Waals surface area (Å²) in [7, 11) is 0. The number of nitrogens with one attached hydrogen (secondary N) is 1. The maximum absolute atomic E-state index is 11.2. The molecule has 110 valence electrons. The zero-order chi connectivity index (χ0) is 14.8. The van der Waals surface area contributed by atoms with Crippen molar-refractivity contribution < 1.29 is 4.92 Å². The first-order valence-electron chi connectivity index (χ1n) is 6.56. The molecule has 0 fully saturated rings. The van der Waals surface area contributed by atoms with Crippen molar-refractivity contribution in [1.82, 2.24) is 24.7 Å². The Morgan fingerprint density at radius 3 is 3.10 bits per heavy atom. The summed E-state index contributed by atoms with van der Waals surface area (Å²) < 4.78 is 1.93. The van der Waals surface area contributed by atoms with E-state index in [9.17, 15) is 10.1 Å². The molecule has 0 aliphatic carbocycles. The van der Waals surface area contributed by atoms with Crippen molar-refractivity contribution in [1.29, 1.82) is 0 Å². The summed E-state index contributed by atoms with van der Waals surface area (Å²) in [4.78, 5) is 20.8. The van der Waals surface area contributed by atoms with E-state index in [4.69, 9.17) is 0 Å². The topological polar surface area (TPSA) is 115 Å². The molecular weight excluding hydrogens is 276 g/mol. The van der Waals surface area contributed by atoms with Crippen molar-refractivity contribution >= 4 is 17.5 Å². The van der Waals surface area contributed by atoms with Gasteiger partial charge in [0.15, 0.2) is 5.82 Å². The first-order valence-corrected chi connectivity index (χ1v) is 6.56. The lowest BCUT2D eigenvalue weighted by molar-refractivity contribution is -0.384. The Kier molecular flexibility index (Phi) is 3.34. The Bertz CT molecular complexity index is 670. The van der Waals surface area contributed by atoms with Crippen molar-refractivity contribution in [3.05, 3.63) is 28.5 Å². The van der Waals surface area contributed by atoms with Gasteiger partial charge >= 0.3 is 5.69 Å². The van der Waals surface area contributed by atoms with E-state index < -0.39 is 4.92 Å². The highest BCUT2D eigenvalue weighted by atomic mass is 16.6. The predicted molar refractivity (Wildman–Crippen MR) is 73.9 cm³/mol. The van der Waals surface area contributed by atoms with Gasteiger partial charge in [0.05, 0.1) is 11.5 Å². The van der Waals surface area contributed by atoms with E-state index in [1.165, 1.54) is 6.20 Å². The lowest BCUT2D eigenvalue weighted by Gasteiger charge is -2.27. The lowest BCUT2D eigenvalue weighted by atomic mass is 10.3. The van der Waals surface area contributed by atoms with Gasteiger partial charge in [-0.3, -0.25) is 10.1 Å². The summed E-state index contributed by atoms with van der Waals surface area (Å²) in [5.74, 6) is 1.45. The average molecular weight is 290 g/mol. The number of rotatable bonds is 4. The van der Waals surface area contributed by atoms with Crippen molar-refractivity contribution in [2.75, 3.05) is 23.3 Å². The molecule has 0 spiro atoms. The largest absolute Gasteiger partial charge is 0.354 e. The number of hydrogen-bond donors (Lipinski definition) is 1. The Morgan fingerprint density at radius 2 is 2.33 bits per heavy atom. The molecular formula is C11H14N8O2. The standard InChI is InChI=1S/C11H14N8O2/c1-2-12-11-13-5-8(19(20)21)10(15-11)17-3-4-18-7-14-16-9(18)6-17/h5,7H,2-4,6H2,1H3,(H,12,13,15). The fourth-order valence-electron chi connectivity index (χ4n) is 2.22. The molecule has 3 rings (SSSR count). The van der Waals surface area contributed by atoms with Gasteiger partial charge in [0.1, 0.15) is 12.5 Å². The zero-order valence-electron chi connectivity index (χ0n) is 11.4. The SMILES string of the molecule is CCNc1ncc([N+](=O)[O-])c(N2CCn3cnnc3C2)n1. The Morgan fingerprint density at radius 1 is 1.48 bits per heavy atom. The number of hydrogen-bond acceptors (Lipinski definition) is 8. The minimum Gasteiger partial charge on any atom is -0.354 e. The van der Waals surface area contributed by atoms with Crippen LogP contribution in [0.15, 0.2) is 12.5 Å². The van der Waals surface area contributed by atoms with E-state index in [1.54, 1.807) is 6.33 Å². The molecule has 0 saturated carbocycles. The molecule has 0 unspecified atom stereocenters.